The summed E-state index contributed by atoms with van der Waals surface area (Å²) in [5.74, 6) is 0.141. The number of benzene rings is 2. The number of piperidine rings is 1. The number of phenols is 1. The fraction of sp³-hybridized carbons (Fsp3) is 0.468. The summed E-state index contributed by atoms with van der Waals surface area (Å²) < 4.78 is 22.5. The molecule has 1 spiro atoms. The van der Waals surface area contributed by atoms with Crippen LogP contribution in [0.2, 0.25) is 0 Å². The zero-order chi connectivity index (χ0) is 43.4. The number of anilines is 5. The molecule has 16 heteroatoms. The molecule has 1 saturated carbocycles. The Bertz CT molecular complexity index is 2510. The van der Waals surface area contributed by atoms with Crippen LogP contribution >= 0.6 is 0 Å². The Hall–Kier alpha value is -6.00. The number of nitrogens with one attached hydrogen (secondary N) is 1. The zero-order valence-electron chi connectivity index (χ0n) is 36.0. The Balaban J connectivity index is 0.000000153. The number of para-hydroxylation sites is 1. The van der Waals surface area contributed by atoms with E-state index in [9.17, 15) is 19.1 Å². The quantitative estimate of drug-likeness (QED) is 0.180. The van der Waals surface area contributed by atoms with Crippen molar-refractivity contribution >= 4 is 51.5 Å². The number of likely N-dealkylation sites (tertiary alicyclic amines) is 1. The monoisotopic (exact) mass is 857 g/mol. The summed E-state index contributed by atoms with van der Waals surface area (Å²) in [5, 5.41) is 22.2. The molecular formula is C47H56FN11O4. The number of halogens is 1. The van der Waals surface area contributed by atoms with E-state index in [1.807, 2.05) is 36.4 Å². The molecule has 6 aliphatic rings. The second-order valence-corrected chi connectivity index (χ2v) is 18.4. The number of morpholine rings is 1. The van der Waals surface area contributed by atoms with Crippen LogP contribution in [0.3, 0.4) is 0 Å². The first-order valence-electron chi connectivity index (χ1n) is 22.4. The molecule has 3 aromatic heterocycles. The summed E-state index contributed by atoms with van der Waals surface area (Å²) >= 11 is 0. The van der Waals surface area contributed by atoms with Crippen molar-refractivity contribution in [3.05, 3.63) is 78.4 Å². The lowest BCUT2D eigenvalue weighted by Gasteiger charge is -2.52. The Morgan fingerprint density at radius 1 is 0.873 bits per heavy atom. The van der Waals surface area contributed by atoms with E-state index in [1.165, 1.54) is 44.3 Å². The summed E-state index contributed by atoms with van der Waals surface area (Å²) in [6.45, 7) is 9.15. The molecule has 15 nitrogen and oxygen atoms in total. The third-order valence-electron chi connectivity index (χ3n) is 14.4. The highest BCUT2D eigenvalue weighted by molar-refractivity contribution is 6.06. The van der Waals surface area contributed by atoms with Gasteiger partial charge in [-0.1, -0.05) is 12.1 Å². The second-order valence-electron chi connectivity index (χ2n) is 18.4. The van der Waals surface area contributed by atoms with Crippen LogP contribution in [0.5, 0.6) is 5.75 Å². The average molecular weight is 858 g/mol. The number of aromatic hydroxyl groups is 1. The molecule has 3 amide bonds. The molecule has 11 rings (SSSR count). The van der Waals surface area contributed by atoms with Crippen molar-refractivity contribution in [2.24, 2.45) is 5.41 Å². The number of amides is 3. The van der Waals surface area contributed by atoms with Gasteiger partial charge in [-0.2, -0.15) is 0 Å². The molecule has 4 N–H and O–H groups in total. The Morgan fingerprint density at radius 3 is 2.35 bits per heavy atom. The highest BCUT2D eigenvalue weighted by atomic mass is 19.1. The third-order valence-corrected chi connectivity index (χ3v) is 14.4. The van der Waals surface area contributed by atoms with Gasteiger partial charge >= 0.3 is 6.03 Å². The minimum absolute atomic E-state index is 0.162. The van der Waals surface area contributed by atoms with Crippen molar-refractivity contribution in [3.8, 4) is 17.0 Å². The average Bonchev–Trinajstić information content (AvgIpc) is 3.74. The van der Waals surface area contributed by atoms with Gasteiger partial charge in [0.05, 0.1) is 42.2 Å². The molecule has 5 aromatic rings. The van der Waals surface area contributed by atoms with E-state index in [0.717, 1.165) is 54.0 Å². The number of imide groups is 1. The lowest BCUT2D eigenvalue weighted by molar-refractivity contribution is -0.120. The number of nitrogens with zero attached hydrogens (tertiary/aromatic N) is 9. The maximum atomic E-state index is 14.7. The summed E-state index contributed by atoms with van der Waals surface area (Å²) in [5.41, 5.74) is 13.5. The summed E-state index contributed by atoms with van der Waals surface area (Å²) in [6.07, 6.45) is 11.5. The van der Waals surface area contributed by atoms with Gasteiger partial charge in [0.1, 0.15) is 17.2 Å². The first-order valence-corrected chi connectivity index (χ1v) is 22.4. The van der Waals surface area contributed by atoms with E-state index in [2.05, 4.69) is 59.8 Å². The highest BCUT2D eigenvalue weighted by Crippen LogP contribution is 2.55. The third kappa shape index (κ3) is 7.88. The topological polar surface area (TPSA) is 161 Å². The predicted octanol–water partition coefficient (Wildman–Crippen LogP) is 6.10. The number of hydrogen-bond donors (Lipinski definition) is 3. The molecular weight excluding hydrogens is 802 g/mol. The molecule has 5 saturated heterocycles. The Labute approximate surface area is 366 Å². The van der Waals surface area contributed by atoms with E-state index in [0.29, 0.717) is 73.5 Å². The van der Waals surface area contributed by atoms with Gasteiger partial charge in [0.15, 0.2) is 5.82 Å². The standard InChI is InChI=1S/C26H29FN6O2.C21H27N5O2/c27-21-8-7-17(13-23(21)31-9-11-35-12-10-31)33-18-5-6-19(33)16-32(15-18)24-14-22(29-30-26(24)28)20-3-1-2-4-25(20)34;1-14-13-26(16-10-21(11-16)4-7-24(2)8-5-21)19-17(14)9-15(12-22-19)25-6-3-18(27)23-20(25)28/h1-4,7-8,13-14,18-19,34H,5-6,9-12,15-16H2,(H2,28,30);9,12-13,16H,3-8,10-11H2,1-2H3,(H,23,27,28). The number of aryl methyl sites for hydroxylation is 1. The number of carbonyl (C=O) groups excluding carboxylic acids is 2. The van der Waals surface area contributed by atoms with Crippen LogP contribution in [0, 0.1) is 18.2 Å². The molecule has 2 unspecified atom stereocenters. The van der Waals surface area contributed by atoms with Crippen LogP contribution in [0.4, 0.5) is 37.8 Å². The number of piperazine rings is 1. The molecule has 2 aromatic carbocycles. The van der Waals surface area contributed by atoms with Crippen LogP contribution in [0.25, 0.3) is 22.3 Å². The fourth-order valence-electron chi connectivity index (χ4n) is 10.9. The maximum Gasteiger partial charge on any atom is 0.328 e. The minimum Gasteiger partial charge on any atom is -0.507 e. The summed E-state index contributed by atoms with van der Waals surface area (Å²) in [4.78, 5) is 39.1. The summed E-state index contributed by atoms with van der Waals surface area (Å²) in [6, 6.07) is 17.3. The van der Waals surface area contributed by atoms with Crippen LogP contribution in [-0.2, 0) is 9.53 Å². The second kappa shape index (κ2) is 16.6. The van der Waals surface area contributed by atoms with Gasteiger partial charge in [-0.15, -0.1) is 10.2 Å². The number of nitrogen functional groups attached to an aromatic ring is 1. The van der Waals surface area contributed by atoms with E-state index in [1.54, 1.807) is 29.3 Å². The van der Waals surface area contributed by atoms with Crippen LogP contribution in [0.1, 0.15) is 56.6 Å². The van der Waals surface area contributed by atoms with Crippen molar-refractivity contribution in [1.29, 1.82) is 0 Å². The molecule has 0 radical (unpaired) electrons. The minimum atomic E-state index is -0.363. The van der Waals surface area contributed by atoms with Crippen molar-refractivity contribution < 1.29 is 23.8 Å². The molecule has 1 aliphatic carbocycles. The van der Waals surface area contributed by atoms with E-state index in [4.69, 9.17) is 15.5 Å². The van der Waals surface area contributed by atoms with E-state index < -0.39 is 0 Å². The van der Waals surface area contributed by atoms with Gasteiger partial charge in [-0.05, 0) is 119 Å². The number of fused-ring (bicyclic) bond motifs is 3. The van der Waals surface area contributed by atoms with Crippen LogP contribution in [0.15, 0.2) is 67.0 Å². The van der Waals surface area contributed by atoms with Gasteiger partial charge < -0.3 is 39.7 Å². The highest BCUT2D eigenvalue weighted by Gasteiger charge is 2.46. The number of hydrogen-bond acceptors (Lipinski definition) is 12. The largest absolute Gasteiger partial charge is 0.507 e. The lowest BCUT2D eigenvalue weighted by Crippen LogP contribution is -2.54. The van der Waals surface area contributed by atoms with Crippen molar-refractivity contribution in [2.75, 3.05) is 91.4 Å². The molecule has 6 fully saturated rings. The SMILES string of the molecule is Cc1cn(C2CC3(CCN(C)CC3)C2)c2ncc(N3CCC(=O)NC3=O)cc12.Nc1nnc(-c2ccccc2O)cc1N1CC2CCC(C1)N2c1ccc(F)c(N2CCOCC2)c1. The summed E-state index contributed by atoms with van der Waals surface area (Å²) in [7, 11) is 2.21. The van der Waals surface area contributed by atoms with Gasteiger partial charge in [-0.3, -0.25) is 15.0 Å². The number of phenolic OH excluding ortho intramolecular Hbond substituents is 1. The van der Waals surface area contributed by atoms with E-state index >= 15 is 0 Å². The Morgan fingerprint density at radius 2 is 1.62 bits per heavy atom. The molecule has 8 heterocycles. The molecule has 2 atom stereocenters. The number of nitrogens with two attached hydrogens (primary N) is 1. The number of aromatic nitrogens is 4. The fourth-order valence-corrected chi connectivity index (χ4v) is 10.9. The van der Waals surface area contributed by atoms with Crippen molar-refractivity contribution in [1.82, 2.24) is 30.0 Å². The van der Waals surface area contributed by atoms with Gasteiger partial charge in [0.2, 0.25) is 5.91 Å². The van der Waals surface area contributed by atoms with Crippen molar-refractivity contribution in [2.45, 2.75) is 70.0 Å². The maximum absolute atomic E-state index is 14.7. The number of ether oxygens (including phenoxy) is 1. The van der Waals surface area contributed by atoms with Gasteiger partial charge in [-0.25, -0.2) is 14.2 Å². The number of rotatable bonds is 6. The molecule has 5 aliphatic heterocycles. The Kier molecular flexibility index (Phi) is 10.8. The van der Waals surface area contributed by atoms with Gasteiger partial charge in [0, 0.05) is 80.1 Å². The van der Waals surface area contributed by atoms with Gasteiger partial charge in [0.25, 0.3) is 0 Å². The van der Waals surface area contributed by atoms with Crippen LogP contribution < -0.4 is 30.7 Å². The first kappa shape index (κ1) is 41.0. The molecule has 63 heavy (non-hydrogen) atoms. The zero-order valence-corrected chi connectivity index (χ0v) is 36.0. The number of carbonyl (C=O) groups is 2. The molecule has 330 valence electrons. The number of pyridine rings is 1. The van der Waals surface area contributed by atoms with E-state index in [-0.39, 0.29) is 35.6 Å². The van der Waals surface area contributed by atoms with Crippen LogP contribution in [-0.4, -0.2) is 120 Å². The normalized spacial score (nSPS) is 22.6. The molecule has 2 bridgehead atoms. The lowest BCUT2D eigenvalue weighted by atomic mass is 9.60. The smallest absolute Gasteiger partial charge is 0.328 e. The first-order chi connectivity index (χ1) is 30.5. The van der Waals surface area contributed by atoms with Crippen molar-refractivity contribution in [3.63, 3.8) is 0 Å². The number of urea groups is 1. The predicted molar refractivity (Wildman–Crippen MR) is 242 cm³/mol.